The SMILES string of the molecule is CNC(C)c1ccc(Sc2cc(C)cc(C)n2)c(Cl)c1. The summed E-state index contributed by atoms with van der Waals surface area (Å²) in [5.41, 5.74) is 3.44. The van der Waals surface area contributed by atoms with Crippen LogP contribution < -0.4 is 5.32 Å². The van der Waals surface area contributed by atoms with Gasteiger partial charge in [-0.1, -0.05) is 29.4 Å². The maximum Gasteiger partial charge on any atom is 0.101 e. The first-order valence-electron chi connectivity index (χ1n) is 6.59. The molecule has 0 aliphatic carbocycles. The number of rotatable bonds is 4. The smallest absolute Gasteiger partial charge is 0.101 e. The zero-order chi connectivity index (χ0) is 14.7. The van der Waals surface area contributed by atoms with Gasteiger partial charge in [0.25, 0.3) is 0 Å². The van der Waals surface area contributed by atoms with Crippen LogP contribution in [0.2, 0.25) is 5.02 Å². The van der Waals surface area contributed by atoms with Crippen LogP contribution in [0.15, 0.2) is 40.3 Å². The fourth-order valence-corrected chi connectivity index (χ4v) is 3.26. The number of benzene rings is 1. The molecule has 0 aliphatic rings. The van der Waals surface area contributed by atoms with Crippen LogP contribution in [0.1, 0.15) is 29.8 Å². The van der Waals surface area contributed by atoms with Crippen LogP contribution in [0.25, 0.3) is 0 Å². The Morgan fingerprint density at radius 2 is 1.95 bits per heavy atom. The third-order valence-electron chi connectivity index (χ3n) is 3.18. The number of nitrogens with one attached hydrogen (secondary N) is 1. The molecule has 4 heteroatoms. The monoisotopic (exact) mass is 306 g/mol. The average molecular weight is 307 g/mol. The maximum atomic E-state index is 6.38. The molecule has 1 unspecified atom stereocenters. The van der Waals surface area contributed by atoms with Crippen molar-refractivity contribution in [2.75, 3.05) is 7.05 Å². The molecular formula is C16H19ClN2S. The summed E-state index contributed by atoms with van der Waals surface area (Å²) < 4.78 is 0. The maximum absolute atomic E-state index is 6.38. The van der Waals surface area contributed by atoms with Gasteiger partial charge in [-0.05, 0) is 63.2 Å². The number of aryl methyl sites for hydroxylation is 2. The summed E-state index contributed by atoms with van der Waals surface area (Å²) >= 11 is 7.99. The highest BCUT2D eigenvalue weighted by atomic mass is 35.5. The van der Waals surface area contributed by atoms with Crippen molar-refractivity contribution in [1.29, 1.82) is 0 Å². The molecule has 0 radical (unpaired) electrons. The topological polar surface area (TPSA) is 24.9 Å². The minimum Gasteiger partial charge on any atom is -0.313 e. The highest BCUT2D eigenvalue weighted by Gasteiger charge is 2.09. The fraction of sp³-hybridized carbons (Fsp3) is 0.312. The van der Waals surface area contributed by atoms with E-state index in [1.54, 1.807) is 11.8 Å². The molecule has 1 atom stereocenters. The van der Waals surface area contributed by atoms with Gasteiger partial charge in [0.2, 0.25) is 0 Å². The molecule has 1 N–H and O–H groups in total. The Labute approximate surface area is 130 Å². The Hall–Kier alpha value is -1.03. The van der Waals surface area contributed by atoms with Crippen molar-refractivity contribution in [2.45, 2.75) is 36.7 Å². The lowest BCUT2D eigenvalue weighted by Gasteiger charge is -2.12. The number of hydrogen-bond acceptors (Lipinski definition) is 3. The molecule has 1 aromatic carbocycles. The van der Waals surface area contributed by atoms with Gasteiger partial charge >= 0.3 is 0 Å². The Balaban J connectivity index is 2.25. The predicted octanol–water partition coefficient (Wildman–Crippen LogP) is 4.78. The minimum atomic E-state index is 0.297. The molecule has 1 aromatic heterocycles. The molecule has 0 amide bonds. The first-order valence-corrected chi connectivity index (χ1v) is 7.79. The molecule has 1 heterocycles. The summed E-state index contributed by atoms with van der Waals surface area (Å²) in [5.74, 6) is 0. The third-order valence-corrected chi connectivity index (χ3v) is 4.60. The molecule has 0 spiro atoms. The van der Waals surface area contributed by atoms with Crippen molar-refractivity contribution in [3.8, 4) is 0 Å². The number of halogens is 1. The van der Waals surface area contributed by atoms with Gasteiger partial charge in [0.05, 0.1) is 5.02 Å². The Bertz CT molecular complexity index is 593. The molecule has 2 rings (SSSR count). The van der Waals surface area contributed by atoms with E-state index in [1.165, 1.54) is 11.1 Å². The first-order chi connectivity index (χ1) is 9.49. The summed E-state index contributed by atoms with van der Waals surface area (Å²) in [6, 6.07) is 10.6. The summed E-state index contributed by atoms with van der Waals surface area (Å²) in [4.78, 5) is 5.57. The van der Waals surface area contributed by atoms with Gasteiger partial charge in [-0.25, -0.2) is 4.98 Å². The Morgan fingerprint density at radius 1 is 1.20 bits per heavy atom. The zero-order valence-corrected chi connectivity index (χ0v) is 13.8. The number of nitrogens with zero attached hydrogens (tertiary/aromatic N) is 1. The van der Waals surface area contributed by atoms with E-state index >= 15 is 0 Å². The van der Waals surface area contributed by atoms with Gasteiger partial charge in [0, 0.05) is 16.6 Å². The average Bonchev–Trinajstić information content (AvgIpc) is 2.39. The predicted molar refractivity (Wildman–Crippen MR) is 86.8 cm³/mol. The quantitative estimate of drug-likeness (QED) is 0.879. The number of hydrogen-bond donors (Lipinski definition) is 1. The van der Waals surface area contributed by atoms with E-state index in [2.05, 4.69) is 48.4 Å². The molecule has 2 aromatic rings. The van der Waals surface area contributed by atoms with E-state index in [0.29, 0.717) is 6.04 Å². The van der Waals surface area contributed by atoms with E-state index in [9.17, 15) is 0 Å². The first kappa shape index (κ1) is 15.4. The lowest BCUT2D eigenvalue weighted by molar-refractivity contribution is 0.652. The van der Waals surface area contributed by atoms with Gasteiger partial charge < -0.3 is 5.32 Å². The van der Waals surface area contributed by atoms with Crippen molar-refractivity contribution in [1.82, 2.24) is 10.3 Å². The van der Waals surface area contributed by atoms with Gasteiger partial charge in [0.1, 0.15) is 5.03 Å². The van der Waals surface area contributed by atoms with E-state index in [1.807, 2.05) is 20.0 Å². The number of pyridine rings is 1. The molecular weight excluding hydrogens is 288 g/mol. The van der Waals surface area contributed by atoms with Gasteiger partial charge in [0.15, 0.2) is 0 Å². The lowest BCUT2D eigenvalue weighted by Crippen LogP contribution is -2.12. The molecule has 0 aliphatic heterocycles. The van der Waals surface area contributed by atoms with E-state index in [4.69, 9.17) is 11.6 Å². The van der Waals surface area contributed by atoms with Crippen molar-refractivity contribution >= 4 is 23.4 Å². The summed E-state index contributed by atoms with van der Waals surface area (Å²) in [5, 5.41) is 4.97. The normalized spacial score (nSPS) is 12.4. The minimum absolute atomic E-state index is 0.297. The Kier molecular flexibility index (Phi) is 5.08. The summed E-state index contributed by atoms with van der Waals surface area (Å²) in [7, 11) is 1.95. The van der Waals surface area contributed by atoms with Gasteiger partial charge in [-0.3, -0.25) is 0 Å². The fourth-order valence-electron chi connectivity index (χ4n) is 2.01. The Morgan fingerprint density at radius 3 is 2.55 bits per heavy atom. The molecule has 106 valence electrons. The van der Waals surface area contributed by atoms with Crippen LogP contribution in [-0.2, 0) is 0 Å². The molecule has 2 nitrogen and oxygen atoms in total. The van der Waals surface area contributed by atoms with Crippen LogP contribution in [-0.4, -0.2) is 12.0 Å². The second kappa shape index (κ2) is 6.61. The van der Waals surface area contributed by atoms with E-state index < -0.39 is 0 Å². The van der Waals surface area contributed by atoms with Crippen molar-refractivity contribution < 1.29 is 0 Å². The van der Waals surface area contributed by atoms with Crippen LogP contribution in [0.5, 0.6) is 0 Å². The van der Waals surface area contributed by atoms with Gasteiger partial charge in [-0.2, -0.15) is 0 Å². The van der Waals surface area contributed by atoms with Crippen LogP contribution in [0.4, 0.5) is 0 Å². The highest BCUT2D eigenvalue weighted by molar-refractivity contribution is 7.99. The molecule has 0 fully saturated rings. The second-order valence-corrected chi connectivity index (χ2v) is 6.40. The van der Waals surface area contributed by atoms with E-state index in [0.717, 1.165) is 20.6 Å². The highest BCUT2D eigenvalue weighted by Crippen LogP contribution is 2.34. The molecule has 0 saturated heterocycles. The van der Waals surface area contributed by atoms with Crippen LogP contribution in [0.3, 0.4) is 0 Å². The third kappa shape index (κ3) is 3.75. The lowest BCUT2D eigenvalue weighted by atomic mass is 10.1. The van der Waals surface area contributed by atoms with Crippen molar-refractivity contribution in [3.05, 3.63) is 52.2 Å². The largest absolute Gasteiger partial charge is 0.313 e. The van der Waals surface area contributed by atoms with Gasteiger partial charge in [-0.15, -0.1) is 0 Å². The molecule has 0 saturated carbocycles. The number of aromatic nitrogens is 1. The van der Waals surface area contributed by atoms with Crippen LogP contribution in [0, 0.1) is 13.8 Å². The summed E-state index contributed by atoms with van der Waals surface area (Å²) in [6.07, 6.45) is 0. The van der Waals surface area contributed by atoms with Crippen molar-refractivity contribution in [2.24, 2.45) is 0 Å². The summed E-state index contributed by atoms with van der Waals surface area (Å²) in [6.45, 7) is 6.21. The zero-order valence-electron chi connectivity index (χ0n) is 12.2. The molecule has 20 heavy (non-hydrogen) atoms. The van der Waals surface area contributed by atoms with E-state index in [-0.39, 0.29) is 0 Å². The standard InChI is InChI=1S/C16H19ClN2S/c1-10-7-11(2)19-16(8-10)20-15-6-5-13(9-14(15)17)12(3)18-4/h5-9,12,18H,1-4H3. The van der Waals surface area contributed by atoms with Crippen molar-refractivity contribution in [3.63, 3.8) is 0 Å². The molecule has 0 bridgehead atoms. The second-order valence-electron chi connectivity index (χ2n) is 4.93. The van der Waals surface area contributed by atoms with Crippen LogP contribution >= 0.6 is 23.4 Å².